The number of pyridine rings is 1. The summed E-state index contributed by atoms with van der Waals surface area (Å²) in [6, 6.07) is 9.82. The first-order valence-corrected chi connectivity index (χ1v) is 7.72. The van der Waals surface area contributed by atoms with Gasteiger partial charge in [0.05, 0.1) is 12.6 Å². The van der Waals surface area contributed by atoms with Crippen LogP contribution in [0.2, 0.25) is 0 Å². The summed E-state index contributed by atoms with van der Waals surface area (Å²) in [5.41, 5.74) is 5.87. The molecule has 2 unspecified atom stereocenters. The van der Waals surface area contributed by atoms with Crippen LogP contribution in [0.1, 0.15) is 35.3 Å². The maximum absolute atomic E-state index is 12.3. The molecule has 2 atom stereocenters. The molecule has 1 amide bonds. The Bertz CT molecular complexity index is 830. The summed E-state index contributed by atoms with van der Waals surface area (Å²) in [6.45, 7) is 2.34. The summed E-state index contributed by atoms with van der Waals surface area (Å²) in [7, 11) is 1.62. The Morgan fingerprint density at radius 2 is 2.21 bits per heavy atom. The van der Waals surface area contributed by atoms with Gasteiger partial charge in [0.1, 0.15) is 11.4 Å². The third-order valence-corrected chi connectivity index (χ3v) is 4.27. The molecule has 0 saturated heterocycles. The normalized spacial score (nSPS) is 22.5. The molecule has 6 nitrogen and oxygen atoms in total. The average Bonchev–Trinajstić information content (AvgIpc) is 2.54. The number of nitrogens with two attached hydrogens (primary N) is 1. The summed E-state index contributed by atoms with van der Waals surface area (Å²) in [4.78, 5) is 23.8. The van der Waals surface area contributed by atoms with E-state index in [2.05, 4.69) is 0 Å². The number of hydrogen-bond acceptors (Lipinski definition) is 4. The standard InChI is InChI=1S/C18H20N2O4/c1-18(11-23-2)10-14(20-8-4-3-5-16(20)21)13-9-12(17(19)22)6-7-15(13)24-18/h3-9,14H,10-11H2,1-2H3,(H2,19,22). The largest absolute Gasteiger partial charge is 0.485 e. The minimum Gasteiger partial charge on any atom is -0.485 e. The highest BCUT2D eigenvalue weighted by atomic mass is 16.5. The van der Waals surface area contributed by atoms with Crippen molar-refractivity contribution in [1.82, 2.24) is 4.57 Å². The van der Waals surface area contributed by atoms with E-state index >= 15 is 0 Å². The average molecular weight is 328 g/mol. The first-order valence-electron chi connectivity index (χ1n) is 7.72. The van der Waals surface area contributed by atoms with E-state index in [9.17, 15) is 9.59 Å². The van der Waals surface area contributed by atoms with Crippen molar-refractivity contribution in [3.63, 3.8) is 0 Å². The zero-order valence-electron chi connectivity index (χ0n) is 13.7. The monoisotopic (exact) mass is 328 g/mol. The Morgan fingerprint density at radius 3 is 2.88 bits per heavy atom. The number of ether oxygens (including phenoxy) is 2. The third kappa shape index (κ3) is 2.92. The summed E-state index contributed by atoms with van der Waals surface area (Å²) in [6.07, 6.45) is 2.28. The van der Waals surface area contributed by atoms with Crippen molar-refractivity contribution in [2.75, 3.05) is 13.7 Å². The smallest absolute Gasteiger partial charge is 0.251 e. The van der Waals surface area contributed by atoms with Crippen molar-refractivity contribution in [3.8, 4) is 5.75 Å². The van der Waals surface area contributed by atoms with E-state index in [-0.39, 0.29) is 11.6 Å². The molecule has 1 aliphatic heterocycles. The van der Waals surface area contributed by atoms with Crippen LogP contribution in [0.5, 0.6) is 5.75 Å². The Hall–Kier alpha value is -2.60. The predicted octanol–water partition coefficient (Wildman–Crippen LogP) is 1.72. The van der Waals surface area contributed by atoms with E-state index in [1.165, 1.54) is 6.07 Å². The maximum atomic E-state index is 12.3. The Kier molecular flexibility index (Phi) is 4.15. The fourth-order valence-electron chi connectivity index (χ4n) is 3.22. The Balaban J connectivity index is 2.16. The predicted molar refractivity (Wildman–Crippen MR) is 89.3 cm³/mol. The van der Waals surface area contributed by atoms with Gasteiger partial charge < -0.3 is 19.8 Å². The molecule has 2 N–H and O–H groups in total. The van der Waals surface area contributed by atoms with Crippen LogP contribution in [0, 0.1) is 0 Å². The SMILES string of the molecule is COCC1(C)CC(n2ccccc2=O)c2cc(C(N)=O)ccc2O1. The van der Waals surface area contributed by atoms with E-state index in [0.29, 0.717) is 24.3 Å². The number of nitrogens with zero attached hydrogens (tertiary/aromatic N) is 1. The van der Waals surface area contributed by atoms with E-state index in [0.717, 1.165) is 5.56 Å². The molecule has 1 aromatic heterocycles. The molecule has 2 aromatic rings. The molecular formula is C18H20N2O4. The third-order valence-electron chi connectivity index (χ3n) is 4.27. The highest BCUT2D eigenvalue weighted by Gasteiger charge is 2.38. The lowest BCUT2D eigenvalue weighted by molar-refractivity contribution is -0.0206. The van der Waals surface area contributed by atoms with Crippen LogP contribution in [-0.2, 0) is 4.74 Å². The Labute approximate surface area is 139 Å². The van der Waals surface area contributed by atoms with Crippen molar-refractivity contribution < 1.29 is 14.3 Å². The van der Waals surface area contributed by atoms with Gasteiger partial charge in [-0.25, -0.2) is 0 Å². The summed E-state index contributed by atoms with van der Waals surface area (Å²) >= 11 is 0. The zero-order chi connectivity index (χ0) is 17.3. The highest BCUT2D eigenvalue weighted by Crippen LogP contribution is 2.41. The molecule has 1 aromatic carbocycles. The van der Waals surface area contributed by atoms with Gasteiger partial charge in [-0.1, -0.05) is 6.07 Å². The molecule has 0 spiro atoms. The second-order valence-electron chi connectivity index (χ2n) is 6.27. The number of hydrogen-bond donors (Lipinski definition) is 1. The quantitative estimate of drug-likeness (QED) is 0.926. The van der Waals surface area contributed by atoms with Gasteiger partial charge in [0.15, 0.2) is 0 Å². The zero-order valence-corrected chi connectivity index (χ0v) is 13.7. The number of rotatable bonds is 4. The minimum absolute atomic E-state index is 0.111. The molecular weight excluding hydrogens is 308 g/mol. The lowest BCUT2D eigenvalue weighted by atomic mass is 9.87. The number of aromatic nitrogens is 1. The Morgan fingerprint density at radius 1 is 1.42 bits per heavy atom. The molecule has 24 heavy (non-hydrogen) atoms. The minimum atomic E-state index is -0.573. The van der Waals surface area contributed by atoms with Crippen molar-refractivity contribution >= 4 is 5.91 Å². The highest BCUT2D eigenvalue weighted by molar-refractivity contribution is 5.93. The molecule has 2 heterocycles. The first kappa shape index (κ1) is 16.3. The summed E-state index contributed by atoms with van der Waals surface area (Å²) < 4.78 is 13.0. The first-order chi connectivity index (χ1) is 11.4. The number of benzene rings is 1. The van der Waals surface area contributed by atoms with Gasteiger partial charge in [-0.15, -0.1) is 0 Å². The van der Waals surface area contributed by atoms with Crippen LogP contribution in [-0.4, -0.2) is 29.8 Å². The van der Waals surface area contributed by atoms with E-state index in [4.69, 9.17) is 15.2 Å². The van der Waals surface area contributed by atoms with Crippen molar-refractivity contribution in [2.45, 2.75) is 25.0 Å². The van der Waals surface area contributed by atoms with E-state index in [1.807, 2.05) is 13.0 Å². The fourth-order valence-corrected chi connectivity index (χ4v) is 3.22. The number of methoxy groups -OCH3 is 1. The molecule has 0 fully saturated rings. The van der Waals surface area contributed by atoms with Gasteiger partial charge in [0.25, 0.3) is 5.56 Å². The van der Waals surface area contributed by atoms with E-state index in [1.54, 1.807) is 42.1 Å². The van der Waals surface area contributed by atoms with Gasteiger partial charge in [0.2, 0.25) is 5.91 Å². The van der Waals surface area contributed by atoms with Crippen LogP contribution < -0.4 is 16.0 Å². The molecule has 0 saturated carbocycles. The number of carbonyl (C=O) groups excluding carboxylic acids is 1. The van der Waals surface area contributed by atoms with Crippen LogP contribution in [0.4, 0.5) is 0 Å². The van der Waals surface area contributed by atoms with Gasteiger partial charge in [0, 0.05) is 36.9 Å². The van der Waals surface area contributed by atoms with Crippen LogP contribution in [0.15, 0.2) is 47.4 Å². The molecule has 126 valence electrons. The van der Waals surface area contributed by atoms with Crippen molar-refractivity contribution in [1.29, 1.82) is 0 Å². The van der Waals surface area contributed by atoms with Crippen LogP contribution >= 0.6 is 0 Å². The van der Waals surface area contributed by atoms with E-state index < -0.39 is 11.5 Å². The van der Waals surface area contributed by atoms with Crippen LogP contribution in [0.25, 0.3) is 0 Å². The molecule has 0 radical (unpaired) electrons. The molecule has 0 aliphatic carbocycles. The summed E-state index contributed by atoms with van der Waals surface area (Å²) in [5.74, 6) is 0.119. The molecule has 6 heteroatoms. The number of amides is 1. The van der Waals surface area contributed by atoms with Gasteiger partial charge in [-0.05, 0) is 31.2 Å². The van der Waals surface area contributed by atoms with Crippen molar-refractivity contribution in [3.05, 3.63) is 64.1 Å². The topological polar surface area (TPSA) is 83.5 Å². The molecule has 1 aliphatic rings. The van der Waals surface area contributed by atoms with Crippen LogP contribution in [0.3, 0.4) is 0 Å². The number of carbonyl (C=O) groups is 1. The lowest BCUT2D eigenvalue weighted by Crippen LogP contribution is -2.45. The van der Waals surface area contributed by atoms with Crippen molar-refractivity contribution in [2.24, 2.45) is 5.73 Å². The maximum Gasteiger partial charge on any atom is 0.251 e. The number of primary amides is 1. The number of fused-ring (bicyclic) bond motifs is 1. The van der Waals surface area contributed by atoms with Gasteiger partial charge in [-0.2, -0.15) is 0 Å². The second kappa shape index (κ2) is 6.13. The lowest BCUT2D eigenvalue weighted by Gasteiger charge is -2.40. The second-order valence-corrected chi connectivity index (χ2v) is 6.27. The van der Waals surface area contributed by atoms with Gasteiger partial charge >= 0.3 is 0 Å². The molecule has 0 bridgehead atoms. The summed E-state index contributed by atoms with van der Waals surface area (Å²) in [5, 5.41) is 0. The van der Waals surface area contributed by atoms with Gasteiger partial charge in [-0.3, -0.25) is 9.59 Å². The fraction of sp³-hybridized carbons (Fsp3) is 0.333. The molecule has 3 rings (SSSR count).